The van der Waals surface area contributed by atoms with Crippen molar-refractivity contribution >= 4 is 33.6 Å². The van der Waals surface area contributed by atoms with Crippen LogP contribution in [0.3, 0.4) is 0 Å². The van der Waals surface area contributed by atoms with Gasteiger partial charge >= 0.3 is 0 Å². The summed E-state index contributed by atoms with van der Waals surface area (Å²) in [6.45, 7) is 0.00857. The van der Waals surface area contributed by atoms with Crippen molar-refractivity contribution in [2.75, 3.05) is 46.9 Å². The Morgan fingerprint density at radius 3 is 2.14 bits per heavy atom. The van der Waals surface area contributed by atoms with Gasteiger partial charge < -0.3 is 19.1 Å². The Morgan fingerprint density at radius 1 is 1.11 bits per heavy atom. The Balaban J connectivity index is 2.11. The molecule has 2 aromatic carbocycles. The van der Waals surface area contributed by atoms with Gasteiger partial charge in [-0.1, -0.05) is 12.1 Å². The summed E-state index contributed by atoms with van der Waals surface area (Å²) >= 11 is 3.43. The standard InChI is InChI=1S/C21H25BrN2O4/c1-24(2)16-8-6-15(7-9-16)21(28-5)17(25)13-23-12-14-10-18(26-3)20(22)19(11-14)27-4/h6-12,21H,13H2,1-5H3. The lowest BCUT2D eigenvalue weighted by Crippen LogP contribution is -2.17. The molecule has 7 heteroatoms. The summed E-state index contributed by atoms with van der Waals surface area (Å²) in [5.41, 5.74) is 2.64. The molecule has 6 nitrogen and oxygen atoms in total. The molecule has 0 heterocycles. The van der Waals surface area contributed by atoms with Crippen molar-refractivity contribution in [3.8, 4) is 11.5 Å². The average Bonchev–Trinajstić information content (AvgIpc) is 2.69. The van der Waals surface area contributed by atoms with E-state index in [-0.39, 0.29) is 12.3 Å². The monoisotopic (exact) mass is 448 g/mol. The Hall–Kier alpha value is -2.38. The summed E-state index contributed by atoms with van der Waals surface area (Å²) in [6, 6.07) is 11.3. The minimum Gasteiger partial charge on any atom is -0.495 e. The van der Waals surface area contributed by atoms with Gasteiger partial charge in [-0.05, 0) is 51.3 Å². The molecular weight excluding hydrogens is 424 g/mol. The Labute approximate surface area is 174 Å². The van der Waals surface area contributed by atoms with E-state index in [0.29, 0.717) is 11.5 Å². The topological polar surface area (TPSA) is 60.4 Å². The fourth-order valence-electron chi connectivity index (χ4n) is 2.69. The van der Waals surface area contributed by atoms with E-state index in [1.165, 1.54) is 7.11 Å². The lowest BCUT2D eigenvalue weighted by atomic mass is 10.0. The number of ether oxygens (including phenoxy) is 3. The van der Waals surface area contributed by atoms with Gasteiger partial charge in [-0.3, -0.25) is 9.79 Å². The second-order valence-corrected chi connectivity index (χ2v) is 7.07. The first kappa shape index (κ1) is 21.9. The van der Waals surface area contributed by atoms with Crippen molar-refractivity contribution in [3.63, 3.8) is 0 Å². The van der Waals surface area contributed by atoms with Gasteiger partial charge in [0.2, 0.25) is 0 Å². The molecule has 0 saturated heterocycles. The van der Waals surface area contributed by atoms with Gasteiger partial charge in [0.15, 0.2) is 5.78 Å². The molecule has 1 unspecified atom stereocenters. The van der Waals surface area contributed by atoms with Gasteiger partial charge in [0.25, 0.3) is 0 Å². The molecule has 0 bridgehead atoms. The van der Waals surface area contributed by atoms with Crippen LogP contribution in [0.5, 0.6) is 11.5 Å². The molecule has 0 N–H and O–H groups in total. The van der Waals surface area contributed by atoms with Crippen LogP contribution >= 0.6 is 15.9 Å². The van der Waals surface area contributed by atoms with Crippen LogP contribution in [0, 0.1) is 0 Å². The first-order valence-corrected chi connectivity index (χ1v) is 9.44. The minimum atomic E-state index is -0.651. The van der Waals surface area contributed by atoms with Gasteiger partial charge in [-0.25, -0.2) is 0 Å². The molecule has 0 aliphatic heterocycles. The number of nitrogens with zero attached hydrogens (tertiary/aromatic N) is 2. The van der Waals surface area contributed by atoms with Crippen LogP contribution in [0.4, 0.5) is 5.69 Å². The Bertz CT molecular complexity index is 810. The van der Waals surface area contributed by atoms with Crippen molar-refractivity contribution < 1.29 is 19.0 Å². The zero-order chi connectivity index (χ0) is 20.7. The van der Waals surface area contributed by atoms with Crippen LogP contribution in [-0.4, -0.2) is 54.0 Å². The number of benzene rings is 2. The van der Waals surface area contributed by atoms with Crippen LogP contribution in [-0.2, 0) is 9.53 Å². The molecule has 1 atom stereocenters. The second kappa shape index (κ2) is 10.2. The number of Topliss-reactive ketones (excluding diaryl/α,β-unsaturated/α-hetero) is 1. The minimum absolute atomic E-state index is 0.00857. The number of rotatable bonds is 9. The summed E-state index contributed by atoms with van der Waals surface area (Å²) in [5, 5.41) is 0. The molecule has 2 aromatic rings. The van der Waals surface area contributed by atoms with E-state index in [2.05, 4.69) is 20.9 Å². The van der Waals surface area contributed by atoms with Gasteiger partial charge in [0.1, 0.15) is 28.6 Å². The fourth-order valence-corrected chi connectivity index (χ4v) is 3.24. The molecule has 0 spiro atoms. The van der Waals surface area contributed by atoms with E-state index in [9.17, 15) is 4.79 Å². The molecule has 0 aliphatic rings. The number of halogens is 1. The number of anilines is 1. The summed E-state index contributed by atoms with van der Waals surface area (Å²) < 4.78 is 16.8. The van der Waals surface area contributed by atoms with Gasteiger partial charge in [-0.2, -0.15) is 0 Å². The second-order valence-electron chi connectivity index (χ2n) is 6.28. The normalized spacial score (nSPS) is 12.1. The third-order valence-electron chi connectivity index (χ3n) is 4.20. The summed E-state index contributed by atoms with van der Waals surface area (Å²) in [6.07, 6.45) is 0.972. The smallest absolute Gasteiger partial charge is 0.187 e. The largest absolute Gasteiger partial charge is 0.495 e. The number of ketones is 1. The van der Waals surface area contributed by atoms with Crippen molar-refractivity contribution in [2.45, 2.75) is 6.10 Å². The molecule has 0 saturated carbocycles. The maximum atomic E-state index is 12.6. The highest BCUT2D eigenvalue weighted by atomic mass is 79.9. The Morgan fingerprint density at radius 2 is 1.68 bits per heavy atom. The van der Waals surface area contributed by atoms with Crippen molar-refractivity contribution in [2.24, 2.45) is 4.99 Å². The van der Waals surface area contributed by atoms with Gasteiger partial charge in [0.05, 0.1) is 14.2 Å². The Kier molecular flexibility index (Phi) is 8.02. The maximum Gasteiger partial charge on any atom is 0.187 e. The molecule has 0 aromatic heterocycles. The third-order valence-corrected chi connectivity index (χ3v) is 4.98. The number of aliphatic imine (C=N–C) groups is 1. The van der Waals surface area contributed by atoms with Crippen LogP contribution < -0.4 is 14.4 Å². The van der Waals surface area contributed by atoms with Crippen LogP contribution in [0.2, 0.25) is 0 Å². The van der Waals surface area contributed by atoms with Crippen molar-refractivity contribution in [3.05, 3.63) is 52.0 Å². The van der Waals surface area contributed by atoms with E-state index in [1.54, 1.807) is 20.4 Å². The first-order valence-electron chi connectivity index (χ1n) is 8.65. The zero-order valence-electron chi connectivity index (χ0n) is 16.7. The first-order chi connectivity index (χ1) is 13.4. The predicted octanol–water partition coefficient (Wildman–Crippen LogP) is 3.91. The van der Waals surface area contributed by atoms with Crippen molar-refractivity contribution in [1.82, 2.24) is 0 Å². The van der Waals surface area contributed by atoms with Gasteiger partial charge in [0, 0.05) is 33.1 Å². The third kappa shape index (κ3) is 5.33. The molecule has 2 rings (SSSR count). The van der Waals surface area contributed by atoms with Gasteiger partial charge in [-0.15, -0.1) is 0 Å². The maximum absolute atomic E-state index is 12.6. The zero-order valence-corrected chi connectivity index (χ0v) is 18.3. The van der Waals surface area contributed by atoms with E-state index in [0.717, 1.165) is 21.3 Å². The van der Waals surface area contributed by atoms with E-state index < -0.39 is 6.10 Å². The molecule has 150 valence electrons. The number of carbonyl (C=O) groups is 1. The predicted molar refractivity (Wildman–Crippen MR) is 115 cm³/mol. The number of methoxy groups -OCH3 is 3. The van der Waals surface area contributed by atoms with E-state index in [4.69, 9.17) is 14.2 Å². The molecule has 0 amide bonds. The highest BCUT2D eigenvalue weighted by Gasteiger charge is 2.19. The van der Waals surface area contributed by atoms with Crippen LogP contribution in [0.25, 0.3) is 0 Å². The highest BCUT2D eigenvalue weighted by Crippen LogP contribution is 2.35. The summed E-state index contributed by atoms with van der Waals surface area (Å²) in [4.78, 5) is 18.8. The summed E-state index contributed by atoms with van der Waals surface area (Å²) in [5.74, 6) is 1.14. The number of hydrogen-bond acceptors (Lipinski definition) is 6. The van der Waals surface area contributed by atoms with E-state index in [1.807, 2.05) is 55.4 Å². The highest BCUT2D eigenvalue weighted by molar-refractivity contribution is 9.10. The number of hydrogen-bond donors (Lipinski definition) is 0. The quantitative estimate of drug-likeness (QED) is 0.544. The van der Waals surface area contributed by atoms with E-state index >= 15 is 0 Å². The fraction of sp³-hybridized carbons (Fsp3) is 0.333. The molecule has 28 heavy (non-hydrogen) atoms. The number of carbonyl (C=O) groups excluding carboxylic acids is 1. The molecular formula is C21H25BrN2O4. The lowest BCUT2D eigenvalue weighted by molar-refractivity contribution is -0.127. The summed E-state index contributed by atoms with van der Waals surface area (Å²) in [7, 11) is 8.61. The molecule has 0 fully saturated rings. The molecule has 0 radical (unpaired) electrons. The average molecular weight is 449 g/mol. The van der Waals surface area contributed by atoms with Crippen LogP contribution in [0.1, 0.15) is 17.2 Å². The SMILES string of the molecule is COc1cc(C=NCC(=O)C(OC)c2ccc(N(C)C)cc2)cc(OC)c1Br. The van der Waals surface area contributed by atoms with Crippen LogP contribution in [0.15, 0.2) is 45.9 Å². The lowest BCUT2D eigenvalue weighted by Gasteiger charge is -2.16. The molecule has 0 aliphatic carbocycles. The van der Waals surface area contributed by atoms with Crippen molar-refractivity contribution in [1.29, 1.82) is 0 Å².